The fourth-order valence-electron chi connectivity index (χ4n) is 0.314. The van der Waals surface area contributed by atoms with Gasteiger partial charge >= 0.3 is 5.97 Å². The van der Waals surface area contributed by atoms with Gasteiger partial charge in [-0.3, -0.25) is 5.23 Å². The summed E-state index contributed by atoms with van der Waals surface area (Å²) in [7, 11) is 1.21. The summed E-state index contributed by atoms with van der Waals surface area (Å²) < 4.78 is 0. The summed E-state index contributed by atoms with van der Waals surface area (Å²) in [6.07, 6.45) is 2.07. The van der Waals surface area contributed by atoms with Crippen molar-refractivity contribution in [2.75, 3.05) is 13.7 Å². The highest BCUT2D eigenvalue weighted by Crippen LogP contribution is 1.83. The lowest BCUT2D eigenvalue weighted by atomic mass is 10.5. The van der Waals surface area contributed by atoms with Gasteiger partial charge in [0.15, 0.2) is 0 Å². The Balaban J connectivity index is 3.43. The van der Waals surface area contributed by atoms with E-state index in [1.165, 1.54) is 13.2 Å². The molecule has 1 N–H and O–H groups in total. The summed E-state index contributed by atoms with van der Waals surface area (Å²) in [6.45, 7) is -0.0806. The maximum atomic E-state index is 10.2. The molecule has 0 aromatic carbocycles. The molecule has 0 atom stereocenters. The minimum Gasteiger partial charge on any atom is -0.762 e. The fourth-order valence-corrected chi connectivity index (χ4v) is 0.314. The van der Waals surface area contributed by atoms with E-state index in [2.05, 4.69) is 4.84 Å². The number of carboxylic acid groups (broad SMARTS) is 1. The van der Waals surface area contributed by atoms with Crippen molar-refractivity contribution in [2.45, 2.75) is 0 Å². The average Bonchev–Trinajstić information content (AvgIpc) is 1.87. The number of hydrogen-bond donors (Lipinski definition) is 1. The van der Waals surface area contributed by atoms with Gasteiger partial charge in [-0.25, -0.2) is 4.79 Å². The zero-order valence-electron chi connectivity index (χ0n) is 5.48. The van der Waals surface area contributed by atoms with Crippen LogP contribution in [0, 0.1) is 5.21 Å². The van der Waals surface area contributed by atoms with Crippen molar-refractivity contribution in [2.24, 2.45) is 0 Å². The molecule has 0 aliphatic heterocycles. The van der Waals surface area contributed by atoms with Crippen LogP contribution in [-0.2, 0) is 9.63 Å². The molecule has 5 heteroatoms. The minimum absolute atomic E-state index is 0.0806. The van der Waals surface area contributed by atoms with E-state index < -0.39 is 5.97 Å². The van der Waals surface area contributed by atoms with Crippen LogP contribution in [0.25, 0.3) is 0 Å². The van der Waals surface area contributed by atoms with Gasteiger partial charge in [-0.05, 0) is 0 Å². The normalized spacial score (nSPS) is 11.1. The van der Waals surface area contributed by atoms with Gasteiger partial charge in [-0.1, -0.05) is 6.08 Å². The summed E-state index contributed by atoms with van der Waals surface area (Å²) in [6, 6.07) is 0. The molecular weight excluding hydrogens is 138 g/mol. The lowest BCUT2D eigenvalue weighted by Crippen LogP contribution is -2.13. The van der Waals surface area contributed by atoms with Crippen molar-refractivity contribution in [3.8, 4) is 0 Å². The number of carbonyl (C=O) groups is 1. The van der Waals surface area contributed by atoms with Gasteiger partial charge < -0.3 is 15.2 Å². The van der Waals surface area contributed by atoms with E-state index in [1.54, 1.807) is 0 Å². The molecule has 0 radical (unpaired) electrons. The Morgan fingerprint density at radius 3 is 2.90 bits per heavy atom. The van der Waals surface area contributed by atoms with Crippen LogP contribution >= 0.6 is 0 Å². The van der Waals surface area contributed by atoms with E-state index in [0.29, 0.717) is 0 Å². The number of aliphatic carboxylic acids is 1. The molecule has 0 aliphatic carbocycles. The first-order chi connectivity index (χ1) is 4.66. The van der Waals surface area contributed by atoms with Crippen molar-refractivity contribution >= 4 is 5.97 Å². The van der Waals surface area contributed by atoms with E-state index >= 15 is 0 Å². The lowest BCUT2D eigenvalue weighted by Gasteiger charge is -2.22. The van der Waals surface area contributed by atoms with Crippen LogP contribution in [0.4, 0.5) is 0 Å². The largest absolute Gasteiger partial charge is 0.762 e. The molecule has 0 aromatic heterocycles. The third-order valence-corrected chi connectivity index (χ3v) is 0.719. The Hall–Kier alpha value is -0.910. The Morgan fingerprint density at radius 2 is 2.50 bits per heavy atom. The third kappa shape index (κ3) is 5.23. The van der Waals surface area contributed by atoms with Crippen LogP contribution in [0.15, 0.2) is 12.2 Å². The van der Waals surface area contributed by atoms with Crippen molar-refractivity contribution in [1.82, 2.24) is 5.23 Å². The first-order valence-corrected chi connectivity index (χ1v) is 2.55. The van der Waals surface area contributed by atoms with Gasteiger partial charge in [0.2, 0.25) is 0 Å². The van der Waals surface area contributed by atoms with Gasteiger partial charge in [-0.15, -0.1) is 0 Å². The van der Waals surface area contributed by atoms with E-state index in [0.717, 1.165) is 6.08 Å². The number of carboxylic acids is 1. The van der Waals surface area contributed by atoms with Crippen molar-refractivity contribution < 1.29 is 14.7 Å². The molecule has 0 saturated carbocycles. The Morgan fingerprint density at radius 1 is 1.90 bits per heavy atom. The van der Waals surface area contributed by atoms with Crippen LogP contribution in [0.5, 0.6) is 0 Å². The molecule has 58 valence electrons. The number of nitrogens with zero attached hydrogens (tertiary/aromatic N) is 1. The zero-order chi connectivity index (χ0) is 7.98. The molecule has 0 aliphatic rings. The number of hydroxylamine groups is 2. The average molecular weight is 146 g/mol. The highest BCUT2D eigenvalue weighted by molar-refractivity contribution is 5.79. The molecule has 5 nitrogen and oxygen atoms in total. The second-order valence-electron chi connectivity index (χ2n) is 1.44. The van der Waals surface area contributed by atoms with Crippen molar-refractivity contribution in [1.29, 1.82) is 0 Å². The number of hydrogen-bond acceptors (Lipinski definition) is 4. The lowest BCUT2D eigenvalue weighted by molar-refractivity contribution is -0.131. The molecule has 0 spiro atoms. The van der Waals surface area contributed by atoms with E-state index in [1.807, 2.05) is 0 Å². The van der Waals surface area contributed by atoms with E-state index in [-0.39, 0.29) is 11.8 Å². The predicted molar refractivity (Wildman–Crippen MR) is 33.9 cm³/mol. The minimum atomic E-state index is -1.08. The fraction of sp³-hybridized carbons (Fsp3) is 0.400. The Kier molecular flexibility index (Phi) is 4.47. The summed E-state index contributed by atoms with van der Waals surface area (Å²) in [5.74, 6) is -1.08. The molecule has 0 fully saturated rings. The topological polar surface area (TPSA) is 72.8 Å². The predicted octanol–water partition coefficient (Wildman–Crippen LogP) is -0.0116. The second-order valence-corrected chi connectivity index (χ2v) is 1.44. The molecule has 0 saturated heterocycles. The standard InChI is InChI=1S/C5H8NO4/c1-10-6(9)4-2-3-5(7)8/h2-3H,4H2,1H3,(H,7,8)/q-1. The molecule has 0 amide bonds. The summed E-state index contributed by atoms with van der Waals surface area (Å²) in [5.41, 5.74) is 0. The smallest absolute Gasteiger partial charge is 0.328 e. The molecule has 0 unspecified atom stereocenters. The first kappa shape index (κ1) is 9.09. The summed E-state index contributed by atoms with van der Waals surface area (Å²) in [4.78, 5) is 14.0. The van der Waals surface area contributed by atoms with E-state index in [9.17, 15) is 10.0 Å². The van der Waals surface area contributed by atoms with Crippen LogP contribution in [0.1, 0.15) is 0 Å². The molecule has 0 rings (SSSR count). The van der Waals surface area contributed by atoms with Gasteiger partial charge in [0.25, 0.3) is 0 Å². The second kappa shape index (κ2) is 4.92. The SMILES string of the molecule is CON([O-])CC=CC(=O)O. The van der Waals surface area contributed by atoms with Crippen molar-refractivity contribution in [3.63, 3.8) is 0 Å². The highest BCUT2D eigenvalue weighted by atomic mass is 16.9. The van der Waals surface area contributed by atoms with Crippen molar-refractivity contribution in [3.05, 3.63) is 17.4 Å². The molecular formula is C5H8NO4-. The van der Waals surface area contributed by atoms with Gasteiger partial charge in [0.1, 0.15) is 0 Å². The monoisotopic (exact) mass is 146 g/mol. The quantitative estimate of drug-likeness (QED) is 0.446. The third-order valence-electron chi connectivity index (χ3n) is 0.719. The van der Waals surface area contributed by atoms with Crippen LogP contribution in [0.2, 0.25) is 0 Å². The zero-order valence-corrected chi connectivity index (χ0v) is 5.48. The van der Waals surface area contributed by atoms with Gasteiger partial charge in [-0.2, -0.15) is 0 Å². The number of rotatable bonds is 4. The molecule has 0 aromatic rings. The van der Waals surface area contributed by atoms with Crippen LogP contribution in [-0.4, -0.2) is 30.0 Å². The van der Waals surface area contributed by atoms with Gasteiger partial charge in [0, 0.05) is 12.6 Å². The summed E-state index contributed by atoms with van der Waals surface area (Å²) in [5, 5.41) is 18.6. The maximum absolute atomic E-state index is 10.2. The van der Waals surface area contributed by atoms with Crippen LogP contribution < -0.4 is 0 Å². The maximum Gasteiger partial charge on any atom is 0.328 e. The van der Waals surface area contributed by atoms with Crippen LogP contribution in [0.3, 0.4) is 0 Å². The molecule has 0 heterocycles. The first-order valence-electron chi connectivity index (χ1n) is 2.55. The Bertz CT molecular complexity index is 134. The van der Waals surface area contributed by atoms with E-state index in [4.69, 9.17) is 5.11 Å². The molecule has 0 bridgehead atoms. The Labute approximate surface area is 58.0 Å². The highest BCUT2D eigenvalue weighted by Gasteiger charge is 1.85. The summed E-state index contributed by atoms with van der Waals surface area (Å²) >= 11 is 0. The molecule has 10 heavy (non-hydrogen) atoms. The van der Waals surface area contributed by atoms with Gasteiger partial charge in [0.05, 0.1) is 7.11 Å².